The molecule has 0 bridgehead atoms. The average molecular weight is 333 g/mol. The van der Waals surface area contributed by atoms with Gasteiger partial charge in [-0.3, -0.25) is 19.7 Å². The zero-order valence-electron chi connectivity index (χ0n) is 12.4. The molecule has 0 aliphatic carbocycles. The van der Waals surface area contributed by atoms with E-state index in [1.807, 2.05) is 0 Å². The first-order valence-corrected chi connectivity index (χ1v) is 7.66. The number of nitrogens with one attached hydrogen (secondary N) is 2. The maximum absolute atomic E-state index is 11.9. The molecule has 0 atom stereocenters. The van der Waals surface area contributed by atoms with Crippen LogP contribution in [0, 0.1) is 10.1 Å². The van der Waals surface area contributed by atoms with Crippen LogP contribution in [0.5, 0.6) is 0 Å². The van der Waals surface area contributed by atoms with Crippen molar-refractivity contribution < 1.29 is 14.5 Å². The van der Waals surface area contributed by atoms with E-state index in [0.29, 0.717) is 22.8 Å². The van der Waals surface area contributed by atoms with Crippen molar-refractivity contribution in [2.24, 2.45) is 0 Å². The predicted octanol–water partition coefficient (Wildman–Crippen LogP) is 2.70. The van der Waals surface area contributed by atoms with Crippen molar-refractivity contribution in [3.8, 4) is 0 Å². The zero-order valence-corrected chi connectivity index (χ0v) is 13.2. The Labute approximate surface area is 136 Å². The first kappa shape index (κ1) is 16.6. The van der Waals surface area contributed by atoms with Gasteiger partial charge in [-0.2, -0.15) is 0 Å². The number of hydrogen-bond acceptors (Lipinski definition) is 6. The van der Waals surface area contributed by atoms with Crippen molar-refractivity contribution in [3.05, 3.63) is 56.3 Å². The van der Waals surface area contributed by atoms with Gasteiger partial charge in [0.15, 0.2) is 5.78 Å². The molecule has 2 aromatic rings. The third-order valence-electron chi connectivity index (χ3n) is 2.99. The number of nitrogens with zero attached hydrogens (tertiary/aromatic N) is 1. The molecule has 0 saturated carbocycles. The molecule has 120 valence electrons. The third kappa shape index (κ3) is 4.62. The van der Waals surface area contributed by atoms with Crippen LogP contribution >= 0.6 is 11.3 Å². The number of rotatable bonds is 7. The van der Waals surface area contributed by atoms with Crippen molar-refractivity contribution in [2.75, 3.05) is 18.4 Å². The maximum atomic E-state index is 11.9. The van der Waals surface area contributed by atoms with Crippen LogP contribution in [-0.4, -0.2) is 29.7 Å². The Kier molecular flexibility index (Phi) is 5.42. The molecule has 1 heterocycles. The Bertz CT molecular complexity index is 725. The largest absolute Gasteiger partial charge is 0.383 e. The fourth-order valence-corrected chi connectivity index (χ4v) is 2.64. The average Bonchev–Trinajstić information content (AvgIpc) is 3.02. The first-order valence-electron chi connectivity index (χ1n) is 6.84. The lowest BCUT2D eigenvalue weighted by molar-refractivity contribution is -0.384. The Morgan fingerprint density at radius 3 is 2.30 bits per heavy atom. The van der Waals surface area contributed by atoms with E-state index in [1.54, 1.807) is 24.3 Å². The number of carbonyl (C=O) groups is 2. The Morgan fingerprint density at radius 1 is 1.09 bits per heavy atom. The van der Waals surface area contributed by atoms with E-state index in [2.05, 4.69) is 10.6 Å². The van der Waals surface area contributed by atoms with E-state index in [9.17, 15) is 19.7 Å². The van der Waals surface area contributed by atoms with Crippen LogP contribution in [0.15, 0.2) is 36.4 Å². The molecule has 7 nitrogen and oxygen atoms in total. The number of amides is 1. The van der Waals surface area contributed by atoms with Gasteiger partial charge >= 0.3 is 0 Å². The monoisotopic (exact) mass is 333 g/mol. The molecular weight excluding hydrogens is 318 g/mol. The minimum atomic E-state index is -0.458. The molecule has 1 aromatic heterocycles. The van der Waals surface area contributed by atoms with Gasteiger partial charge in [0.25, 0.3) is 11.6 Å². The van der Waals surface area contributed by atoms with Crippen LogP contribution in [-0.2, 0) is 0 Å². The van der Waals surface area contributed by atoms with Gasteiger partial charge in [-0.1, -0.05) is 0 Å². The van der Waals surface area contributed by atoms with Gasteiger partial charge in [0.05, 0.1) is 14.7 Å². The van der Waals surface area contributed by atoms with E-state index in [4.69, 9.17) is 0 Å². The number of carbonyl (C=O) groups excluding carboxylic acids is 2. The van der Waals surface area contributed by atoms with E-state index in [-0.39, 0.29) is 17.4 Å². The molecule has 0 fully saturated rings. The molecule has 1 amide bonds. The summed E-state index contributed by atoms with van der Waals surface area (Å²) in [5, 5.41) is 16.3. The van der Waals surface area contributed by atoms with Crippen LogP contribution in [0.25, 0.3) is 0 Å². The third-order valence-corrected chi connectivity index (χ3v) is 4.18. The minimum Gasteiger partial charge on any atom is -0.383 e. The first-order chi connectivity index (χ1) is 11.0. The van der Waals surface area contributed by atoms with E-state index < -0.39 is 4.92 Å². The molecule has 23 heavy (non-hydrogen) atoms. The molecule has 0 unspecified atom stereocenters. The lowest BCUT2D eigenvalue weighted by atomic mass is 10.3. The molecule has 0 radical (unpaired) electrons. The molecule has 1 aromatic carbocycles. The molecule has 0 aliphatic heterocycles. The summed E-state index contributed by atoms with van der Waals surface area (Å²) in [5.41, 5.74) is 0.766. The number of nitro groups is 1. The highest BCUT2D eigenvalue weighted by molar-refractivity contribution is 7.15. The van der Waals surface area contributed by atoms with Gasteiger partial charge < -0.3 is 10.6 Å². The molecular formula is C15H15N3O4S. The van der Waals surface area contributed by atoms with Crippen molar-refractivity contribution in [1.29, 1.82) is 0 Å². The van der Waals surface area contributed by atoms with Crippen molar-refractivity contribution in [1.82, 2.24) is 5.32 Å². The smallest absolute Gasteiger partial charge is 0.269 e. The zero-order chi connectivity index (χ0) is 16.8. The molecule has 2 N–H and O–H groups in total. The summed E-state index contributed by atoms with van der Waals surface area (Å²) in [4.78, 5) is 34.2. The fraction of sp³-hybridized carbons (Fsp3) is 0.200. The number of Topliss-reactive ketones (excluding diaryl/α,β-unsaturated/α-hetero) is 1. The SMILES string of the molecule is CC(=O)c1ccc(C(=O)NCCNc2ccc([N+](=O)[O-])cc2)s1. The number of benzene rings is 1. The second-order valence-corrected chi connectivity index (χ2v) is 5.79. The van der Waals surface area contributed by atoms with E-state index in [0.717, 1.165) is 17.0 Å². The highest BCUT2D eigenvalue weighted by atomic mass is 32.1. The van der Waals surface area contributed by atoms with Gasteiger partial charge in [-0.05, 0) is 31.2 Å². The van der Waals surface area contributed by atoms with Crippen molar-refractivity contribution >= 4 is 34.4 Å². The van der Waals surface area contributed by atoms with Gasteiger partial charge in [0.1, 0.15) is 0 Å². The quantitative estimate of drug-likeness (QED) is 0.351. The lowest BCUT2D eigenvalue weighted by Crippen LogP contribution is -2.28. The van der Waals surface area contributed by atoms with Crippen LogP contribution in [0.1, 0.15) is 26.3 Å². The van der Waals surface area contributed by atoms with Crippen LogP contribution in [0.2, 0.25) is 0 Å². The van der Waals surface area contributed by atoms with Crippen LogP contribution < -0.4 is 10.6 Å². The summed E-state index contributed by atoms with van der Waals surface area (Å²) in [6.45, 7) is 2.33. The Hall–Kier alpha value is -2.74. The van der Waals surface area contributed by atoms with Crippen LogP contribution in [0.3, 0.4) is 0 Å². The Balaban J connectivity index is 1.77. The second-order valence-electron chi connectivity index (χ2n) is 4.71. The van der Waals surface area contributed by atoms with Gasteiger partial charge in [0, 0.05) is 30.9 Å². The molecule has 2 rings (SSSR count). The standard InChI is InChI=1S/C15H15N3O4S/c1-10(19)13-6-7-14(23-13)15(20)17-9-8-16-11-2-4-12(5-3-11)18(21)22/h2-7,16H,8-9H2,1H3,(H,17,20). The lowest BCUT2D eigenvalue weighted by Gasteiger charge is -2.07. The highest BCUT2D eigenvalue weighted by Crippen LogP contribution is 2.17. The van der Waals surface area contributed by atoms with Crippen molar-refractivity contribution in [3.63, 3.8) is 0 Å². The van der Waals surface area contributed by atoms with Crippen LogP contribution in [0.4, 0.5) is 11.4 Å². The second kappa shape index (κ2) is 7.50. The summed E-state index contributed by atoms with van der Waals surface area (Å²) in [6, 6.07) is 9.31. The predicted molar refractivity (Wildman–Crippen MR) is 88.2 cm³/mol. The topological polar surface area (TPSA) is 101 Å². The maximum Gasteiger partial charge on any atom is 0.269 e. The van der Waals surface area contributed by atoms with E-state index in [1.165, 1.54) is 19.1 Å². The minimum absolute atomic E-state index is 0.0304. The number of thiophene rings is 1. The number of nitro benzene ring substituents is 1. The summed E-state index contributed by atoms with van der Waals surface area (Å²) >= 11 is 1.16. The van der Waals surface area contributed by atoms with Gasteiger partial charge in [-0.25, -0.2) is 0 Å². The number of anilines is 1. The normalized spacial score (nSPS) is 10.1. The molecule has 8 heteroatoms. The molecule has 0 saturated heterocycles. The Morgan fingerprint density at radius 2 is 1.74 bits per heavy atom. The highest BCUT2D eigenvalue weighted by Gasteiger charge is 2.10. The molecule has 0 aliphatic rings. The fourth-order valence-electron chi connectivity index (χ4n) is 1.82. The molecule has 0 spiro atoms. The van der Waals surface area contributed by atoms with Gasteiger partial charge in [-0.15, -0.1) is 11.3 Å². The summed E-state index contributed by atoms with van der Waals surface area (Å²) in [5.74, 6) is -0.290. The van der Waals surface area contributed by atoms with Gasteiger partial charge in [0.2, 0.25) is 0 Å². The van der Waals surface area contributed by atoms with E-state index >= 15 is 0 Å². The number of ketones is 1. The number of non-ortho nitro benzene ring substituents is 1. The summed E-state index contributed by atoms with van der Waals surface area (Å²) in [6.07, 6.45) is 0. The summed E-state index contributed by atoms with van der Waals surface area (Å²) in [7, 11) is 0. The number of hydrogen-bond donors (Lipinski definition) is 2. The van der Waals surface area contributed by atoms with Crippen molar-refractivity contribution in [2.45, 2.75) is 6.92 Å². The summed E-state index contributed by atoms with van der Waals surface area (Å²) < 4.78 is 0.